The molecule has 9 nitrogen and oxygen atoms in total. The van der Waals surface area contributed by atoms with E-state index >= 15 is 0 Å². The van der Waals surface area contributed by atoms with Gasteiger partial charge in [-0.2, -0.15) is 5.10 Å². The predicted molar refractivity (Wildman–Crippen MR) is 178 cm³/mol. The summed E-state index contributed by atoms with van der Waals surface area (Å²) in [5.41, 5.74) is 8.82. The lowest BCUT2D eigenvalue weighted by molar-refractivity contribution is 0.600. The summed E-state index contributed by atoms with van der Waals surface area (Å²) in [6, 6.07) is 22.8. The van der Waals surface area contributed by atoms with E-state index in [1.54, 1.807) is 18.5 Å². The Morgan fingerprint density at radius 2 is 1.61 bits per heavy atom. The Morgan fingerprint density at radius 3 is 2.46 bits per heavy atom. The number of benzene rings is 2. The van der Waals surface area contributed by atoms with Gasteiger partial charge < -0.3 is 10.3 Å². The fourth-order valence-corrected chi connectivity index (χ4v) is 6.21. The van der Waals surface area contributed by atoms with Crippen molar-refractivity contribution in [1.82, 2.24) is 35.5 Å². The quantitative estimate of drug-likeness (QED) is 0.163. The molecule has 7 aromatic rings. The maximum absolute atomic E-state index is 14.7. The van der Waals surface area contributed by atoms with Crippen LogP contribution in [-0.2, 0) is 29.3 Å². The lowest BCUT2D eigenvalue weighted by Crippen LogP contribution is -2.12. The third-order valence-corrected chi connectivity index (χ3v) is 8.79. The Morgan fingerprint density at radius 1 is 0.804 bits per heavy atom. The van der Waals surface area contributed by atoms with Gasteiger partial charge in [-0.15, -0.1) is 0 Å². The van der Waals surface area contributed by atoms with E-state index in [0.717, 1.165) is 50.9 Å². The second-order valence-corrected chi connectivity index (χ2v) is 13.7. The van der Waals surface area contributed by atoms with Gasteiger partial charge in [-0.05, 0) is 65.6 Å². The molecule has 0 atom stereocenters. The van der Waals surface area contributed by atoms with Crippen LogP contribution in [0, 0.1) is 5.82 Å². The van der Waals surface area contributed by atoms with Gasteiger partial charge in [0.1, 0.15) is 15.7 Å². The zero-order valence-corrected chi connectivity index (χ0v) is 25.8. The number of sulfone groups is 1. The van der Waals surface area contributed by atoms with Crippen LogP contribution in [0.2, 0.25) is 0 Å². The topological polar surface area (TPSA) is 129 Å². The minimum Gasteiger partial charge on any atom is -0.353 e. The van der Waals surface area contributed by atoms with Crippen molar-refractivity contribution < 1.29 is 12.8 Å². The largest absolute Gasteiger partial charge is 0.353 e. The first-order valence-electron chi connectivity index (χ1n) is 14.8. The molecule has 0 spiro atoms. The summed E-state index contributed by atoms with van der Waals surface area (Å²) in [4.78, 5) is 17.1. The lowest BCUT2D eigenvalue weighted by Gasteiger charge is -2.07. The third-order valence-electron chi connectivity index (χ3n) is 7.85. The molecule has 0 aliphatic rings. The number of aryl methyl sites for hydroxylation is 1. The minimum absolute atomic E-state index is 0.0593. The van der Waals surface area contributed by atoms with E-state index in [1.165, 1.54) is 24.0 Å². The lowest BCUT2D eigenvalue weighted by atomic mass is 10.0. The van der Waals surface area contributed by atoms with E-state index in [-0.39, 0.29) is 12.2 Å². The Labute approximate surface area is 264 Å². The molecule has 46 heavy (non-hydrogen) atoms. The molecular formula is C35H30FN7O2S. The van der Waals surface area contributed by atoms with Crippen molar-refractivity contribution >= 4 is 31.8 Å². The summed E-state index contributed by atoms with van der Waals surface area (Å²) in [7, 11) is -3.19. The number of halogens is 1. The number of aromatic nitrogens is 6. The summed E-state index contributed by atoms with van der Waals surface area (Å²) >= 11 is 0. The van der Waals surface area contributed by atoms with Gasteiger partial charge in [-0.25, -0.2) is 17.8 Å². The van der Waals surface area contributed by atoms with Crippen LogP contribution in [-0.4, -0.2) is 50.6 Å². The van der Waals surface area contributed by atoms with Crippen LogP contribution >= 0.6 is 0 Å². The molecule has 5 aromatic heterocycles. The molecule has 0 aliphatic heterocycles. The molecule has 0 radical (unpaired) electrons. The Hall–Kier alpha value is -5.26. The van der Waals surface area contributed by atoms with Crippen LogP contribution in [0.5, 0.6) is 0 Å². The molecule has 0 bridgehead atoms. The van der Waals surface area contributed by atoms with E-state index in [0.29, 0.717) is 29.0 Å². The summed E-state index contributed by atoms with van der Waals surface area (Å²) in [5, 5.41) is 12.7. The number of pyridine rings is 3. The van der Waals surface area contributed by atoms with E-state index in [2.05, 4.69) is 53.6 Å². The smallest absolute Gasteiger partial charge is 0.181 e. The van der Waals surface area contributed by atoms with Gasteiger partial charge >= 0.3 is 0 Å². The van der Waals surface area contributed by atoms with Crippen LogP contribution in [0.4, 0.5) is 4.39 Å². The molecule has 0 unspecified atom stereocenters. The van der Waals surface area contributed by atoms with Crippen LogP contribution in [0.3, 0.4) is 0 Å². The SMILES string of the molecule is CS(=O)(=O)CCc1cc(F)cc(-c2nccc3[nH]c(-c4[nH]nc5ncc(-c6cncc(CNCc7ccccc7)c6)cc45)cc23)c1. The maximum Gasteiger partial charge on any atom is 0.181 e. The molecule has 0 amide bonds. The van der Waals surface area contributed by atoms with Gasteiger partial charge in [0.25, 0.3) is 0 Å². The first-order chi connectivity index (χ1) is 22.3. The average Bonchev–Trinajstić information content (AvgIpc) is 3.68. The number of rotatable bonds is 10. The normalized spacial score (nSPS) is 11.9. The summed E-state index contributed by atoms with van der Waals surface area (Å²) < 4.78 is 38.1. The standard InChI is InChI=1S/C35H30FN7O2S/c1-46(44,45)10-8-23-11-25(14-28(36)13-23)33-29-16-32(41-31(29)7-9-39-33)34-30-15-27(21-40-35(30)43-42-34)26-12-24(19-38-20-26)18-37-17-22-5-3-2-4-6-22/h2-7,9,11-16,19-21,37,41H,8,10,17-18H2,1H3,(H,40,42,43). The fourth-order valence-electron chi connectivity index (χ4n) is 5.61. The molecule has 11 heteroatoms. The number of fused-ring (bicyclic) bond motifs is 2. The van der Waals surface area contributed by atoms with E-state index in [1.807, 2.05) is 48.8 Å². The Bertz CT molecular complexity index is 2300. The number of hydrogen-bond acceptors (Lipinski definition) is 7. The molecule has 0 saturated heterocycles. The van der Waals surface area contributed by atoms with Crippen molar-refractivity contribution in [3.63, 3.8) is 0 Å². The third kappa shape index (κ3) is 6.42. The first-order valence-corrected chi connectivity index (χ1v) is 16.8. The highest BCUT2D eigenvalue weighted by atomic mass is 32.2. The second-order valence-electron chi connectivity index (χ2n) is 11.4. The van der Waals surface area contributed by atoms with Gasteiger partial charge in [-0.3, -0.25) is 15.1 Å². The van der Waals surface area contributed by atoms with Gasteiger partial charge in [-0.1, -0.05) is 30.3 Å². The average molecular weight is 632 g/mol. The predicted octanol–water partition coefficient (Wildman–Crippen LogP) is 6.25. The van der Waals surface area contributed by atoms with Gasteiger partial charge in [0.15, 0.2) is 5.65 Å². The monoisotopic (exact) mass is 631 g/mol. The van der Waals surface area contributed by atoms with Crippen molar-refractivity contribution in [1.29, 1.82) is 0 Å². The van der Waals surface area contributed by atoms with Crippen LogP contribution in [0.1, 0.15) is 16.7 Å². The Kier molecular flexibility index (Phi) is 7.85. The highest BCUT2D eigenvalue weighted by Crippen LogP contribution is 2.34. The molecule has 5 heterocycles. The van der Waals surface area contributed by atoms with Crippen molar-refractivity contribution in [2.75, 3.05) is 12.0 Å². The number of H-pyrrole nitrogens is 2. The summed E-state index contributed by atoms with van der Waals surface area (Å²) in [5.74, 6) is -0.504. The van der Waals surface area contributed by atoms with Crippen molar-refractivity contribution in [2.24, 2.45) is 0 Å². The number of nitrogens with one attached hydrogen (secondary N) is 3. The molecule has 0 saturated carbocycles. The van der Waals surface area contributed by atoms with E-state index < -0.39 is 15.7 Å². The minimum atomic E-state index is -3.19. The molecule has 230 valence electrons. The molecule has 2 aromatic carbocycles. The second kappa shape index (κ2) is 12.3. The van der Waals surface area contributed by atoms with Crippen LogP contribution in [0.25, 0.3) is 55.7 Å². The fraction of sp³-hybridized carbons (Fsp3) is 0.143. The zero-order valence-electron chi connectivity index (χ0n) is 25.0. The van der Waals surface area contributed by atoms with Crippen molar-refractivity contribution in [2.45, 2.75) is 19.5 Å². The molecule has 7 rings (SSSR count). The van der Waals surface area contributed by atoms with Gasteiger partial charge in [0.05, 0.1) is 22.8 Å². The van der Waals surface area contributed by atoms with E-state index in [9.17, 15) is 12.8 Å². The van der Waals surface area contributed by atoms with Gasteiger partial charge in [0.2, 0.25) is 0 Å². The first kappa shape index (κ1) is 29.5. The molecule has 0 aliphatic carbocycles. The Balaban J connectivity index is 1.19. The van der Waals surface area contributed by atoms with E-state index in [4.69, 9.17) is 0 Å². The molecule has 3 N–H and O–H groups in total. The van der Waals surface area contributed by atoms with Crippen molar-refractivity contribution in [3.05, 3.63) is 120 Å². The molecular weight excluding hydrogens is 601 g/mol. The summed E-state index contributed by atoms with van der Waals surface area (Å²) in [6.07, 6.45) is 8.54. The highest BCUT2D eigenvalue weighted by Gasteiger charge is 2.16. The van der Waals surface area contributed by atoms with Crippen LogP contribution < -0.4 is 5.32 Å². The van der Waals surface area contributed by atoms with Crippen molar-refractivity contribution in [3.8, 4) is 33.8 Å². The number of hydrogen-bond donors (Lipinski definition) is 3. The summed E-state index contributed by atoms with van der Waals surface area (Å²) in [6.45, 7) is 1.45. The molecule has 0 fully saturated rings. The maximum atomic E-state index is 14.7. The zero-order chi connectivity index (χ0) is 31.7. The van der Waals surface area contributed by atoms with Gasteiger partial charge in [0, 0.05) is 77.1 Å². The number of aromatic amines is 2. The number of nitrogens with zero attached hydrogens (tertiary/aromatic N) is 4. The highest BCUT2D eigenvalue weighted by molar-refractivity contribution is 7.90. The van der Waals surface area contributed by atoms with Crippen LogP contribution in [0.15, 0.2) is 97.6 Å².